The minimum atomic E-state index is -0.314. The molecule has 3 aromatic rings. The molecule has 1 amide bonds. The van der Waals surface area contributed by atoms with E-state index in [1.54, 1.807) is 0 Å². The molecule has 0 radical (unpaired) electrons. The number of carbonyl (C=O) groups is 1. The SMILES string of the molecule is Cc1c(CNC2(c3ccccc3)CC2)c2ccccc2n1CC(N)=O. The second-order valence-corrected chi connectivity index (χ2v) is 6.94. The van der Waals surface area contributed by atoms with Gasteiger partial charge in [0.1, 0.15) is 6.54 Å². The molecular weight excluding hydrogens is 310 g/mol. The Labute approximate surface area is 147 Å². The lowest BCUT2D eigenvalue weighted by Crippen LogP contribution is -2.28. The first-order valence-electron chi connectivity index (χ1n) is 8.76. The average Bonchev–Trinajstić information content (AvgIpc) is 3.37. The Morgan fingerprint density at radius 3 is 2.48 bits per heavy atom. The number of fused-ring (bicyclic) bond motifs is 1. The van der Waals surface area contributed by atoms with Crippen LogP contribution in [-0.4, -0.2) is 10.5 Å². The van der Waals surface area contributed by atoms with Gasteiger partial charge in [-0.25, -0.2) is 0 Å². The molecule has 3 N–H and O–H groups in total. The molecule has 4 nitrogen and oxygen atoms in total. The molecule has 0 aliphatic heterocycles. The summed E-state index contributed by atoms with van der Waals surface area (Å²) in [5, 5.41) is 4.97. The largest absolute Gasteiger partial charge is 0.368 e. The topological polar surface area (TPSA) is 60.1 Å². The van der Waals surface area contributed by atoms with Gasteiger partial charge in [0.25, 0.3) is 0 Å². The molecule has 2 aromatic carbocycles. The van der Waals surface area contributed by atoms with Crippen LogP contribution < -0.4 is 11.1 Å². The van der Waals surface area contributed by atoms with Crippen LogP contribution in [0.5, 0.6) is 0 Å². The maximum atomic E-state index is 11.5. The number of benzene rings is 2. The van der Waals surface area contributed by atoms with E-state index in [0.29, 0.717) is 0 Å². The fourth-order valence-electron chi connectivity index (χ4n) is 3.79. The minimum absolute atomic E-state index is 0.0978. The van der Waals surface area contributed by atoms with Crippen molar-refractivity contribution in [2.45, 2.75) is 38.4 Å². The van der Waals surface area contributed by atoms with Gasteiger partial charge in [0, 0.05) is 28.7 Å². The zero-order valence-corrected chi connectivity index (χ0v) is 14.5. The molecule has 4 rings (SSSR count). The molecule has 1 fully saturated rings. The van der Waals surface area contributed by atoms with E-state index in [1.165, 1.54) is 16.5 Å². The van der Waals surface area contributed by atoms with E-state index in [4.69, 9.17) is 5.73 Å². The Balaban J connectivity index is 1.66. The van der Waals surface area contributed by atoms with Gasteiger partial charge in [-0.2, -0.15) is 0 Å². The van der Waals surface area contributed by atoms with Crippen LogP contribution in [0, 0.1) is 6.92 Å². The van der Waals surface area contributed by atoms with Crippen LogP contribution in [0.1, 0.15) is 29.7 Å². The zero-order chi connectivity index (χ0) is 17.4. The third kappa shape index (κ3) is 2.83. The molecule has 1 saturated carbocycles. The van der Waals surface area contributed by atoms with Crippen molar-refractivity contribution < 1.29 is 4.79 Å². The Kier molecular flexibility index (Phi) is 3.85. The highest BCUT2D eigenvalue weighted by molar-refractivity contribution is 5.87. The summed E-state index contributed by atoms with van der Waals surface area (Å²) in [5.41, 5.74) is 10.3. The fraction of sp³-hybridized carbons (Fsp3) is 0.286. The van der Waals surface area contributed by atoms with Crippen LogP contribution in [0.15, 0.2) is 54.6 Å². The number of rotatable bonds is 6. The van der Waals surface area contributed by atoms with Crippen LogP contribution in [-0.2, 0) is 23.4 Å². The molecule has 0 unspecified atom stereocenters. The first-order valence-corrected chi connectivity index (χ1v) is 8.76. The molecule has 25 heavy (non-hydrogen) atoms. The Morgan fingerprint density at radius 1 is 1.12 bits per heavy atom. The van der Waals surface area contributed by atoms with E-state index in [2.05, 4.69) is 54.7 Å². The normalized spacial score (nSPS) is 15.4. The van der Waals surface area contributed by atoms with Gasteiger partial charge in [-0.1, -0.05) is 48.5 Å². The number of carbonyl (C=O) groups excluding carboxylic acids is 1. The second kappa shape index (κ2) is 6.05. The summed E-state index contributed by atoms with van der Waals surface area (Å²) < 4.78 is 2.02. The van der Waals surface area contributed by atoms with Gasteiger partial charge >= 0.3 is 0 Å². The van der Waals surface area contributed by atoms with Crippen LogP contribution in [0.3, 0.4) is 0 Å². The number of aromatic nitrogens is 1. The highest BCUT2D eigenvalue weighted by Gasteiger charge is 2.43. The lowest BCUT2D eigenvalue weighted by atomic mass is 10.0. The number of nitrogens with one attached hydrogen (secondary N) is 1. The average molecular weight is 333 g/mol. The molecule has 1 aliphatic carbocycles. The van der Waals surface area contributed by atoms with Crippen molar-refractivity contribution in [3.05, 3.63) is 71.4 Å². The van der Waals surface area contributed by atoms with Crippen molar-refractivity contribution in [3.63, 3.8) is 0 Å². The lowest BCUT2D eigenvalue weighted by molar-refractivity contribution is -0.118. The maximum absolute atomic E-state index is 11.5. The van der Waals surface area contributed by atoms with Crippen LogP contribution in [0.4, 0.5) is 0 Å². The highest BCUT2D eigenvalue weighted by Crippen LogP contribution is 2.45. The van der Waals surface area contributed by atoms with E-state index in [-0.39, 0.29) is 18.0 Å². The summed E-state index contributed by atoms with van der Waals surface area (Å²) in [6.45, 7) is 3.07. The summed E-state index contributed by atoms with van der Waals surface area (Å²) in [7, 11) is 0. The van der Waals surface area contributed by atoms with Crippen LogP contribution in [0.25, 0.3) is 10.9 Å². The molecule has 4 heteroatoms. The zero-order valence-electron chi connectivity index (χ0n) is 14.5. The van der Waals surface area contributed by atoms with Gasteiger partial charge in [-0.3, -0.25) is 4.79 Å². The predicted octanol–water partition coefficient (Wildman–Crippen LogP) is 3.21. The number of para-hydroxylation sites is 1. The first-order chi connectivity index (χ1) is 12.1. The number of nitrogens with zero attached hydrogens (tertiary/aromatic N) is 1. The van der Waals surface area contributed by atoms with Gasteiger partial charge in [0.2, 0.25) is 5.91 Å². The highest BCUT2D eigenvalue weighted by atomic mass is 16.1. The van der Waals surface area contributed by atoms with Gasteiger partial charge < -0.3 is 15.6 Å². The van der Waals surface area contributed by atoms with Crippen LogP contribution >= 0.6 is 0 Å². The maximum Gasteiger partial charge on any atom is 0.237 e. The van der Waals surface area contributed by atoms with Crippen molar-refractivity contribution in [1.29, 1.82) is 0 Å². The third-order valence-electron chi connectivity index (χ3n) is 5.36. The van der Waals surface area contributed by atoms with Crippen molar-refractivity contribution in [2.24, 2.45) is 5.73 Å². The Hall–Kier alpha value is -2.59. The van der Waals surface area contributed by atoms with Gasteiger partial charge in [0.15, 0.2) is 0 Å². The first kappa shape index (κ1) is 15.9. The smallest absolute Gasteiger partial charge is 0.237 e. The number of nitrogens with two attached hydrogens (primary N) is 1. The van der Waals surface area contributed by atoms with E-state index >= 15 is 0 Å². The second-order valence-electron chi connectivity index (χ2n) is 6.94. The quantitative estimate of drug-likeness (QED) is 0.728. The summed E-state index contributed by atoms with van der Waals surface area (Å²) in [6.07, 6.45) is 2.33. The Bertz CT molecular complexity index is 923. The van der Waals surface area contributed by atoms with E-state index < -0.39 is 0 Å². The van der Waals surface area contributed by atoms with Crippen molar-refractivity contribution in [3.8, 4) is 0 Å². The summed E-state index contributed by atoms with van der Waals surface area (Å²) in [4.78, 5) is 11.5. The number of hydrogen-bond acceptors (Lipinski definition) is 2. The van der Waals surface area contributed by atoms with E-state index in [9.17, 15) is 4.79 Å². The van der Waals surface area contributed by atoms with Gasteiger partial charge in [0.05, 0.1) is 0 Å². The predicted molar refractivity (Wildman–Crippen MR) is 100 cm³/mol. The minimum Gasteiger partial charge on any atom is -0.368 e. The van der Waals surface area contributed by atoms with Gasteiger partial charge in [-0.15, -0.1) is 0 Å². The molecule has 0 atom stereocenters. The monoisotopic (exact) mass is 333 g/mol. The number of amides is 1. The molecule has 0 saturated heterocycles. The molecule has 1 heterocycles. The molecule has 1 aromatic heterocycles. The van der Waals surface area contributed by atoms with Gasteiger partial charge in [-0.05, 0) is 37.0 Å². The molecule has 0 spiro atoms. The molecule has 1 aliphatic rings. The molecule has 128 valence electrons. The summed E-state index contributed by atoms with van der Waals surface area (Å²) in [5.74, 6) is -0.314. The van der Waals surface area contributed by atoms with Crippen LogP contribution in [0.2, 0.25) is 0 Å². The Morgan fingerprint density at radius 2 is 1.80 bits per heavy atom. The fourth-order valence-corrected chi connectivity index (χ4v) is 3.79. The number of primary amides is 1. The standard InChI is InChI=1S/C21H23N3O/c1-15-18(13-23-21(11-12-21)16-7-3-2-4-8-16)17-9-5-6-10-19(17)24(15)14-20(22)25/h2-10,23H,11-14H2,1H3,(H2,22,25). The number of hydrogen-bond donors (Lipinski definition) is 2. The third-order valence-corrected chi connectivity index (χ3v) is 5.36. The van der Waals surface area contributed by atoms with Crippen molar-refractivity contribution >= 4 is 16.8 Å². The molecule has 0 bridgehead atoms. The summed E-state index contributed by atoms with van der Waals surface area (Å²) in [6, 6.07) is 18.9. The summed E-state index contributed by atoms with van der Waals surface area (Å²) >= 11 is 0. The van der Waals surface area contributed by atoms with Crippen molar-refractivity contribution in [2.75, 3.05) is 0 Å². The van der Waals surface area contributed by atoms with E-state index in [0.717, 1.165) is 30.6 Å². The van der Waals surface area contributed by atoms with Crippen molar-refractivity contribution in [1.82, 2.24) is 9.88 Å². The van der Waals surface area contributed by atoms with E-state index in [1.807, 2.05) is 16.7 Å². The molecular formula is C21H23N3O. The lowest BCUT2D eigenvalue weighted by Gasteiger charge is -2.18.